The van der Waals surface area contributed by atoms with Crippen molar-refractivity contribution in [2.45, 2.75) is 37.1 Å². The molecule has 0 radical (unpaired) electrons. The molecule has 1 saturated heterocycles. The lowest BCUT2D eigenvalue weighted by molar-refractivity contribution is 0.0940. The Morgan fingerprint density at radius 3 is 2.48 bits per heavy atom. The van der Waals surface area contributed by atoms with Gasteiger partial charge in [-0.1, -0.05) is 29.8 Å². The summed E-state index contributed by atoms with van der Waals surface area (Å²) in [6.07, 6.45) is 3.35. The molecule has 1 atom stereocenters. The van der Waals surface area contributed by atoms with Crippen molar-refractivity contribution in [2.24, 2.45) is 0 Å². The van der Waals surface area contributed by atoms with Crippen LogP contribution < -0.4 is 5.32 Å². The lowest BCUT2D eigenvalue weighted by Gasteiger charge is -2.31. The number of hydrogen-bond donors (Lipinski definition) is 1. The monoisotopic (exact) mass is 461 g/mol. The molecule has 166 valence electrons. The van der Waals surface area contributed by atoms with Gasteiger partial charge in [0.2, 0.25) is 10.0 Å². The van der Waals surface area contributed by atoms with E-state index in [4.69, 9.17) is 11.6 Å². The van der Waals surface area contributed by atoms with E-state index < -0.39 is 10.0 Å². The molecule has 2 aromatic rings. The zero-order chi connectivity index (χ0) is 22.2. The molecule has 1 N–H and O–H groups in total. The topological polar surface area (TPSA) is 69.7 Å². The Morgan fingerprint density at radius 1 is 1.03 bits per heavy atom. The number of amides is 1. The van der Waals surface area contributed by atoms with Crippen LogP contribution in [-0.4, -0.2) is 56.8 Å². The third kappa shape index (κ3) is 4.65. The maximum atomic E-state index is 13.1. The van der Waals surface area contributed by atoms with E-state index >= 15 is 0 Å². The first-order valence-corrected chi connectivity index (χ1v) is 12.5. The first-order chi connectivity index (χ1) is 14.8. The number of aryl methyl sites for hydroxylation is 2. The van der Waals surface area contributed by atoms with Gasteiger partial charge < -0.3 is 10.2 Å². The number of sulfonamides is 1. The fourth-order valence-corrected chi connectivity index (χ4v) is 5.89. The molecule has 1 aliphatic carbocycles. The van der Waals surface area contributed by atoms with Crippen molar-refractivity contribution in [2.75, 3.05) is 33.2 Å². The number of carbonyl (C=O) groups is 1. The molecule has 1 unspecified atom stereocenters. The number of carbonyl (C=O) groups excluding carboxylic acids is 1. The molecule has 1 fully saturated rings. The van der Waals surface area contributed by atoms with Gasteiger partial charge in [0, 0.05) is 26.2 Å². The molecule has 31 heavy (non-hydrogen) atoms. The second-order valence-corrected chi connectivity index (χ2v) is 10.8. The van der Waals surface area contributed by atoms with E-state index in [-0.39, 0.29) is 27.4 Å². The normalized spacial score (nSPS) is 18.5. The molecule has 2 aromatic carbocycles. The Balaban J connectivity index is 1.53. The van der Waals surface area contributed by atoms with E-state index in [1.165, 1.54) is 40.1 Å². The summed E-state index contributed by atoms with van der Waals surface area (Å²) in [7, 11) is -1.71. The fraction of sp³-hybridized carbons (Fsp3) is 0.435. The molecular weight excluding hydrogens is 434 g/mol. The van der Waals surface area contributed by atoms with Crippen LogP contribution in [0.5, 0.6) is 0 Å². The van der Waals surface area contributed by atoms with Gasteiger partial charge in [-0.2, -0.15) is 4.31 Å². The molecule has 8 heteroatoms. The van der Waals surface area contributed by atoms with Gasteiger partial charge in [0.05, 0.1) is 21.5 Å². The van der Waals surface area contributed by atoms with Crippen LogP contribution in [0.4, 0.5) is 0 Å². The summed E-state index contributed by atoms with van der Waals surface area (Å²) in [5.41, 5.74) is 3.93. The van der Waals surface area contributed by atoms with E-state index in [9.17, 15) is 13.2 Å². The molecule has 1 amide bonds. The first-order valence-electron chi connectivity index (χ1n) is 10.7. The van der Waals surface area contributed by atoms with Crippen LogP contribution in [-0.2, 0) is 22.9 Å². The number of hydrogen-bond acceptors (Lipinski definition) is 4. The SMILES string of the molecule is CC(NC(=O)c1cc(S(=O)(=O)N2CCN(C)CC2)ccc1Cl)c1ccc2c(c1)CCC2. The third-order valence-corrected chi connectivity index (χ3v) is 8.48. The highest BCUT2D eigenvalue weighted by Gasteiger charge is 2.29. The van der Waals surface area contributed by atoms with Crippen molar-refractivity contribution in [1.29, 1.82) is 0 Å². The minimum Gasteiger partial charge on any atom is -0.345 e. The summed E-state index contributed by atoms with van der Waals surface area (Å²) >= 11 is 6.28. The Kier molecular flexibility index (Phi) is 6.40. The van der Waals surface area contributed by atoms with Crippen molar-refractivity contribution < 1.29 is 13.2 Å². The average molecular weight is 462 g/mol. The molecule has 0 aromatic heterocycles. The van der Waals surface area contributed by atoms with Crippen molar-refractivity contribution in [3.63, 3.8) is 0 Å². The summed E-state index contributed by atoms with van der Waals surface area (Å²) < 4.78 is 27.6. The summed E-state index contributed by atoms with van der Waals surface area (Å²) in [4.78, 5) is 15.2. The lowest BCUT2D eigenvalue weighted by Crippen LogP contribution is -2.47. The first kappa shape index (κ1) is 22.3. The van der Waals surface area contributed by atoms with Crippen molar-refractivity contribution in [1.82, 2.24) is 14.5 Å². The van der Waals surface area contributed by atoms with E-state index in [1.54, 1.807) is 0 Å². The number of nitrogens with zero attached hydrogens (tertiary/aromatic N) is 2. The van der Waals surface area contributed by atoms with Crippen LogP contribution >= 0.6 is 11.6 Å². The van der Waals surface area contributed by atoms with Gasteiger partial charge >= 0.3 is 0 Å². The lowest BCUT2D eigenvalue weighted by atomic mass is 10.0. The Morgan fingerprint density at radius 2 is 1.74 bits per heavy atom. The van der Waals surface area contributed by atoms with Crippen molar-refractivity contribution in [3.8, 4) is 0 Å². The van der Waals surface area contributed by atoms with Gasteiger partial charge in [-0.15, -0.1) is 0 Å². The predicted molar refractivity (Wildman–Crippen MR) is 122 cm³/mol. The standard InChI is InChI=1S/C23H28ClN3O3S/c1-16(18-7-6-17-4-3-5-19(17)14-18)25-23(28)21-15-20(8-9-22(21)24)31(29,30)27-12-10-26(2)11-13-27/h6-9,14-16H,3-5,10-13H2,1-2H3,(H,25,28). The number of halogens is 1. The Hall–Kier alpha value is -1.93. The summed E-state index contributed by atoms with van der Waals surface area (Å²) in [6.45, 7) is 4.14. The molecule has 1 aliphatic heterocycles. The molecule has 0 bridgehead atoms. The summed E-state index contributed by atoms with van der Waals surface area (Å²) in [6, 6.07) is 10.5. The number of benzene rings is 2. The van der Waals surface area contributed by atoms with Gasteiger partial charge in [0.15, 0.2) is 0 Å². The highest BCUT2D eigenvalue weighted by Crippen LogP contribution is 2.27. The Bertz CT molecular complexity index is 1100. The average Bonchev–Trinajstić information content (AvgIpc) is 3.22. The quantitative estimate of drug-likeness (QED) is 0.742. The predicted octanol–water partition coefficient (Wildman–Crippen LogP) is 3.26. The third-order valence-electron chi connectivity index (χ3n) is 6.25. The van der Waals surface area contributed by atoms with E-state index in [0.717, 1.165) is 18.4 Å². The van der Waals surface area contributed by atoms with Crippen LogP contribution in [0.1, 0.15) is 46.4 Å². The van der Waals surface area contributed by atoms with Crippen LogP contribution in [0, 0.1) is 0 Å². The van der Waals surface area contributed by atoms with Crippen LogP contribution in [0.2, 0.25) is 5.02 Å². The molecule has 4 rings (SSSR count). The maximum absolute atomic E-state index is 13.1. The highest BCUT2D eigenvalue weighted by molar-refractivity contribution is 7.89. The van der Waals surface area contributed by atoms with Gasteiger partial charge in [-0.05, 0) is 68.1 Å². The second-order valence-electron chi connectivity index (χ2n) is 8.43. The molecule has 0 spiro atoms. The van der Waals surface area contributed by atoms with Gasteiger partial charge in [0.1, 0.15) is 0 Å². The van der Waals surface area contributed by atoms with Gasteiger partial charge in [0.25, 0.3) is 5.91 Å². The molecule has 1 heterocycles. The van der Waals surface area contributed by atoms with Crippen molar-refractivity contribution >= 4 is 27.5 Å². The van der Waals surface area contributed by atoms with Crippen LogP contribution in [0.25, 0.3) is 0 Å². The van der Waals surface area contributed by atoms with Crippen LogP contribution in [0.15, 0.2) is 41.3 Å². The number of fused-ring (bicyclic) bond motifs is 1. The van der Waals surface area contributed by atoms with E-state index in [0.29, 0.717) is 26.2 Å². The van der Waals surface area contributed by atoms with Crippen molar-refractivity contribution in [3.05, 3.63) is 63.7 Å². The molecular formula is C23H28ClN3O3S. The highest BCUT2D eigenvalue weighted by atomic mass is 35.5. The van der Waals surface area contributed by atoms with Gasteiger partial charge in [-0.3, -0.25) is 4.79 Å². The minimum absolute atomic E-state index is 0.0942. The van der Waals surface area contributed by atoms with E-state index in [1.807, 2.05) is 20.0 Å². The number of likely N-dealkylation sites (N-methyl/N-ethyl adjacent to an activating group) is 1. The minimum atomic E-state index is -3.68. The maximum Gasteiger partial charge on any atom is 0.253 e. The number of rotatable bonds is 5. The number of nitrogens with one attached hydrogen (secondary N) is 1. The zero-order valence-electron chi connectivity index (χ0n) is 17.9. The molecule has 2 aliphatic rings. The largest absolute Gasteiger partial charge is 0.345 e. The zero-order valence-corrected chi connectivity index (χ0v) is 19.5. The number of piperazine rings is 1. The molecule has 0 saturated carbocycles. The Labute approximate surface area is 189 Å². The van der Waals surface area contributed by atoms with Gasteiger partial charge in [-0.25, -0.2) is 8.42 Å². The fourth-order valence-electron chi connectivity index (χ4n) is 4.24. The summed E-state index contributed by atoms with van der Waals surface area (Å²) in [5.74, 6) is -0.381. The smallest absolute Gasteiger partial charge is 0.253 e. The molecule has 6 nitrogen and oxygen atoms in total. The summed E-state index contributed by atoms with van der Waals surface area (Å²) in [5, 5.41) is 3.20. The second kappa shape index (κ2) is 8.90. The van der Waals surface area contributed by atoms with Crippen LogP contribution in [0.3, 0.4) is 0 Å². The van der Waals surface area contributed by atoms with E-state index in [2.05, 4.69) is 22.3 Å².